The van der Waals surface area contributed by atoms with Crippen molar-refractivity contribution in [3.05, 3.63) is 101 Å². The monoisotopic (exact) mass is 322 g/mol. The molecule has 0 saturated carbocycles. The van der Waals surface area contributed by atoms with Crippen LogP contribution in [0.3, 0.4) is 0 Å². The largest absolute Gasteiger partial charge is 0.489 e. The molecule has 0 heterocycles. The van der Waals surface area contributed by atoms with Crippen molar-refractivity contribution in [2.75, 3.05) is 6.61 Å². The van der Waals surface area contributed by atoms with Gasteiger partial charge in [0.25, 0.3) is 0 Å². The first-order chi connectivity index (χ1) is 11.8. The van der Waals surface area contributed by atoms with E-state index in [1.807, 2.05) is 54.6 Å². The quantitative estimate of drug-likeness (QED) is 0.722. The average molecular weight is 322 g/mol. The zero-order valence-corrected chi connectivity index (χ0v) is 13.2. The predicted octanol–water partition coefficient (Wildman–Crippen LogP) is 4.53. The maximum atomic E-state index is 14.0. The van der Waals surface area contributed by atoms with Crippen LogP contribution in [0.4, 0.5) is 4.39 Å². The molecular weight excluding hydrogens is 303 g/mol. The summed E-state index contributed by atoms with van der Waals surface area (Å²) in [6.07, 6.45) is 0. The molecule has 24 heavy (non-hydrogen) atoms. The molecule has 3 heteroatoms. The molecule has 3 aromatic rings. The second-order valence-corrected chi connectivity index (χ2v) is 5.60. The van der Waals surface area contributed by atoms with Crippen LogP contribution in [0.2, 0.25) is 0 Å². The highest BCUT2D eigenvalue weighted by Gasteiger charge is 2.16. The summed E-state index contributed by atoms with van der Waals surface area (Å²) < 4.78 is 19.7. The van der Waals surface area contributed by atoms with Crippen molar-refractivity contribution in [3.63, 3.8) is 0 Å². The minimum atomic E-state index is -0.380. The molecule has 122 valence electrons. The van der Waals surface area contributed by atoms with Crippen LogP contribution in [-0.2, 0) is 6.61 Å². The van der Waals surface area contributed by atoms with Crippen LogP contribution in [0.25, 0.3) is 0 Å². The van der Waals surface area contributed by atoms with Crippen molar-refractivity contribution in [3.8, 4) is 5.75 Å². The van der Waals surface area contributed by atoms with E-state index < -0.39 is 0 Å². The molecule has 1 N–H and O–H groups in total. The molecule has 2 nitrogen and oxygen atoms in total. The second kappa shape index (κ2) is 7.75. The first-order valence-corrected chi connectivity index (χ1v) is 7.90. The van der Waals surface area contributed by atoms with Gasteiger partial charge in [0.2, 0.25) is 0 Å². The Hall–Kier alpha value is -2.65. The molecular formula is C21H19FO2. The molecule has 0 saturated heterocycles. The van der Waals surface area contributed by atoms with Crippen molar-refractivity contribution in [1.29, 1.82) is 0 Å². The van der Waals surface area contributed by atoms with Crippen molar-refractivity contribution >= 4 is 0 Å². The summed E-state index contributed by atoms with van der Waals surface area (Å²) in [5.74, 6) is 0.0585. The fourth-order valence-electron chi connectivity index (χ4n) is 2.68. The Morgan fingerprint density at radius 3 is 2.17 bits per heavy atom. The topological polar surface area (TPSA) is 29.5 Å². The van der Waals surface area contributed by atoms with Crippen molar-refractivity contribution < 1.29 is 14.2 Å². The second-order valence-electron chi connectivity index (χ2n) is 5.60. The summed E-state index contributed by atoms with van der Waals surface area (Å²) in [7, 11) is 0. The summed E-state index contributed by atoms with van der Waals surface area (Å²) in [6, 6.07) is 23.9. The highest BCUT2D eigenvalue weighted by atomic mass is 19.1. The number of hydrogen-bond donors (Lipinski definition) is 1. The molecule has 1 unspecified atom stereocenters. The van der Waals surface area contributed by atoms with Crippen molar-refractivity contribution in [2.45, 2.75) is 12.5 Å². The Kier molecular flexibility index (Phi) is 5.24. The van der Waals surface area contributed by atoms with Crippen LogP contribution in [0, 0.1) is 5.82 Å². The van der Waals surface area contributed by atoms with Gasteiger partial charge in [-0.05, 0) is 34.9 Å². The Balaban J connectivity index is 1.72. The van der Waals surface area contributed by atoms with E-state index in [1.165, 1.54) is 6.07 Å². The lowest BCUT2D eigenvalue weighted by Gasteiger charge is -2.16. The standard InChI is InChI=1S/C21H19FO2/c22-21-9-5-4-8-19(21)20(14-23)17-10-12-18(13-11-17)24-15-16-6-2-1-3-7-16/h1-13,20,23H,14-15H2. The highest BCUT2D eigenvalue weighted by molar-refractivity contribution is 5.36. The average Bonchev–Trinajstić information content (AvgIpc) is 2.64. The van der Waals surface area contributed by atoms with Crippen LogP contribution in [-0.4, -0.2) is 11.7 Å². The number of aliphatic hydroxyl groups is 1. The highest BCUT2D eigenvalue weighted by Crippen LogP contribution is 2.28. The van der Waals surface area contributed by atoms with E-state index in [1.54, 1.807) is 18.2 Å². The van der Waals surface area contributed by atoms with E-state index in [9.17, 15) is 9.50 Å². The third-order valence-electron chi connectivity index (χ3n) is 3.99. The molecule has 0 spiro atoms. The first kappa shape index (κ1) is 16.2. The van der Waals surface area contributed by atoms with E-state index in [2.05, 4.69) is 0 Å². The molecule has 0 aliphatic rings. The van der Waals surface area contributed by atoms with Gasteiger partial charge in [0.15, 0.2) is 0 Å². The van der Waals surface area contributed by atoms with Gasteiger partial charge in [-0.25, -0.2) is 4.39 Å². The number of hydrogen-bond acceptors (Lipinski definition) is 2. The minimum Gasteiger partial charge on any atom is -0.489 e. The molecule has 1 atom stereocenters. The Morgan fingerprint density at radius 2 is 1.50 bits per heavy atom. The van der Waals surface area contributed by atoms with Gasteiger partial charge in [-0.2, -0.15) is 0 Å². The van der Waals surface area contributed by atoms with Gasteiger partial charge in [0, 0.05) is 5.92 Å². The van der Waals surface area contributed by atoms with E-state index >= 15 is 0 Å². The van der Waals surface area contributed by atoms with Gasteiger partial charge in [-0.1, -0.05) is 60.7 Å². The summed E-state index contributed by atoms with van der Waals surface area (Å²) in [5, 5.41) is 9.68. The molecule has 3 rings (SSSR count). The summed E-state index contributed by atoms with van der Waals surface area (Å²) in [6.45, 7) is 0.349. The molecule has 0 aliphatic heterocycles. The summed E-state index contributed by atoms with van der Waals surface area (Å²) in [4.78, 5) is 0. The molecule has 0 fully saturated rings. The number of rotatable bonds is 6. The van der Waals surface area contributed by atoms with E-state index in [-0.39, 0.29) is 18.3 Å². The van der Waals surface area contributed by atoms with Gasteiger partial charge >= 0.3 is 0 Å². The molecule has 3 aromatic carbocycles. The smallest absolute Gasteiger partial charge is 0.127 e. The lowest BCUT2D eigenvalue weighted by molar-refractivity contribution is 0.278. The zero-order chi connectivity index (χ0) is 16.8. The molecule has 0 radical (unpaired) electrons. The Morgan fingerprint density at radius 1 is 0.833 bits per heavy atom. The third-order valence-corrected chi connectivity index (χ3v) is 3.99. The maximum absolute atomic E-state index is 14.0. The first-order valence-electron chi connectivity index (χ1n) is 7.90. The van der Waals surface area contributed by atoms with Crippen LogP contribution >= 0.6 is 0 Å². The Labute approximate surface area is 141 Å². The molecule has 0 aliphatic carbocycles. The number of benzene rings is 3. The van der Waals surface area contributed by atoms with Crippen LogP contribution in [0.5, 0.6) is 5.75 Å². The lowest BCUT2D eigenvalue weighted by atomic mass is 9.91. The van der Waals surface area contributed by atoms with E-state index in [0.29, 0.717) is 12.2 Å². The van der Waals surface area contributed by atoms with Crippen molar-refractivity contribution in [2.24, 2.45) is 0 Å². The van der Waals surface area contributed by atoms with Crippen LogP contribution in [0.15, 0.2) is 78.9 Å². The normalized spacial score (nSPS) is 11.9. The van der Waals surface area contributed by atoms with Crippen LogP contribution in [0.1, 0.15) is 22.6 Å². The maximum Gasteiger partial charge on any atom is 0.127 e. The van der Waals surface area contributed by atoms with Gasteiger partial charge < -0.3 is 9.84 Å². The van der Waals surface area contributed by atoms with Crippen molar-refractivity contribution in [1.82, 2.24) is 0 Å². The van der Waals surface area contributed by atoms with Gasteiger partial charge in [-0.3, -0.25) is 0 Å². The zero-order valence-electron chi connectivity index (χ0n) is 13.2. The van der Waals surface area contributed by atoms with Gasteiger partial charge in [-0.15, -0.1) is 0 Å². The molecule has 0 aromatic heterocycles. The molecule has 0 amide bonds. The SMILES string of the molecule is OCC(c1ccc(OCc2ccccc2)cc1)c1ccccc1F. The fraction of sp³-hybridized carbons (Fsp3) is 0.143. The minimum absolute atomic E-state index is 0.148. The fourth-order valence-corrected chi connectivity index (χ4v) is 2.68. The number of aliphatic hydroxyl groups excluding tert-OH is 1. The predicted molar refractivity (Wildman–Crippen MR) is 92.5 cm³/mol. The number of halogens is 1. The number of ether oxygens (including phenoxy) is 1. The van der Waals surface area contributed by atoms with E-state index in [4.69, 9.17) is 4.74 Å². The Bertz CT molecular complexity index is 769. The molecule has 0 bridgehead atoms. The van der Waals surface area contributed by atoms with E-state index in [0.717, 1.165) is 16.9 Å². The van der Waals surface area contributed by atoms with Gasteiger partial charge in [0.05, 0.1) is 6.61 Å². The third kappa shape index (κ3) is 3.81. The lowest BCUT2D eigenvalue weighted by Crippen LogP contribution is -2.08. The van der Waals surface area contributed by atoms with Gasteiger partial charge in [0.1, 0.15) is 18.2 Å². The summed E-state index contributed by atoms with van der Waals surface area (Å²) in [5.41, 5.74) is 2.45. The summed E-state index contributed by atoms with van der Waals surface area (Å²) >= 11 is 0. The van der Waals surface area contributed by atoms with Crippen LogP contribution < -0.4 is 4.74 Å².